The first-order chi connectivity index (χ1) is 5.27. The lowest BCUT2D eigenvalue weighted by atomic mass is 10.1. The highest BCUT2D eigenvalue weighted by Gasteiger charge is 2.18. The predicted molar refractivity (Wildman–Crippen MR) is 50.4 cm³/mol. The second-order valence-electron chi connectivity index (χ2n) is 2.60. The fourth-order valence-corrected chi connectivity index (χ4v) is 1.27. The summed E-state index contributed by atoms with van der Waals surface area (Å²) in [5.74, 6) is 0.0258. The molecule has 1 aliphatic heterocycles. The van der Waals surface area contributed by atoms with Crippen LogP contribution in [0.4, 0.5) is 11.4 Å². The Morgan fingerprint density at radius 1 is 1.42 bits per heavy atom. The Morgan fingerprint density at radius 2 is 2.17 bits per heavy atom. The molecular formula is C8H9ClN2O. The van der Waals surface area contributed by atoms with Gasteiger partial charge in [-0.05, 0) is 12.1 Å². The molecule has 4 heteroatoms. The Morgan fingerprint density at radius 3 is 2.83 bits per heavy atom. The molecule has 0 spiro atoms. The van der Waals surface area contributed by atoms with E-state index < -0.39 is 0 Å². The number of anilines is 2. The number of carbonyl (C=O) groups is 1. The summed E-state index contributed by atoms with van der Waals surface area (Å²) in [4.78, 5) is 10.9. The molecule has 0 aromatic heterocycles. The van der Waals surface area contributed by atoms with Crippen LogP contribution in [0.3, 0.4) is 0 Å². The number of fused-ring (bicyclic) bond motifs is 1. The molecule has 0 saturated heterocycles. The Labute approximate surface area is 76.4 Å². The average Bonchev–Trinajstić information content (AvgIpc) is 2.31. The molecular weight excluding hydrogens is 176 g/mol. The fraction of sp³-hybridized carbons (Fsp3) is 0.125. The van der Waals surface area contributed by atoms with E-state index in [9.17, 15) is 4.79 Å². The summed E-state index contributed by atoms with van der Waals surface area (Å²) < 4.78 is 0. The third-order valence-corrected chi connectivity index (χ3v) is 1.82. The van der Waals surface area contributed by atoms with Gasteiger partial charge in [-0.25, -0.2) is 0 Å². The third-order valence-electron chi connectivity index (χ3n) is 1.82. The van der Waals surface area contributed by atoms with E-state index in [-0.39, 0.29) is 18.3 Å². The van der Waals surface area contributed by atoms with Gasteiger partial charge in [0.25, 0.3) is 0 Å². The summed E-state index contributed by atoms with van der Waals surface area (Å²) in [5.41, 5.74) is 8.12. The van der Waals surface area contributed by atoms with E-state index in [1.807, 2.05) is 12.1 Å². The van der Waals surface area contributed by atoms with Crippen molar-refractivity contribution in [3.05, 3.63) is 23.8 Å². The molecule has 0 atom stereocenters. The van der Waals surface area contributed by atoms with Crippen LogP contribution in [0.5, 0.6) is 0 Å². The van der Waals surface area contributed by atoms with Crippen molar-refractivity contribution in [3.63, 3.8) is 0 Å². The number of nitrogens with two attached hydrogens (primary N) is 1. The van der Waals surface area contributed by atoms with Crippen LogP contribution in [0.1, 0.15) is 5.56 Å². The van der Waals surface area contributed by atoms with Gasteiger partial charge in [-0.1, -0.05) is 6.07 Å². The standard InChI is InChI=1S/C8H8N2O.ClH/c9-6-2-1-3-7-5(6)4-8(11)10-7;/h1-3H,4,9H2,(H,10,11);1H. The molecule has 0 aliphatic carbocycles. The van der Waals surface area contributed by atoms with Crippen LogP contribution < -0.4 is 11.1 Å². The lowest BCUT2D eigenvalue weighted by Crippen LogP contribution is -2.03. The molecule has 1 aliphatic rings. The van der Waals surface area contributed by atoms with E-state index in [0.29, 0.717) is 12.1 Å². The van der Waals surface area contributed by atoms with E-state index in [0.717, 1.165) is 11.3 Å². The van der Waals surface area contributed by atoms with Crippen LogP contribution >= 0.6 is 12.4 Å². The summed E-state index contributed by atoms with van der Waals surface area (Å²) >= 11 is 0. The quantitative estimate of drug-likeness (QED) is 0.595. The maximum Gasteiger partial charge on any atom is 0.228 e. The number of carbonyl (C=O) groups excluding carboxylic acids is 1. The topological polar surface area (TPSA) is 55.1 Å². The SMILES string of the molecule is Cl.Nc1cccc2c1CC(=O)N2. The van der Waals surface area contributed by atoms with Crippen LogP contribution in [0, 0.1) is 0 Å². The number of benzene rings is 1. The summed E-state index contributed by atoms with van der Waals surface area (Å²) in [5, 5.41) is 2.72. The van der Waals surface area contributed by atoms with Crippen molar-refractivity contribution in [3.8, 4) is 0 Å². The monoisotopic (exact) mass is 184 g/mol. The van der Waals surface area contributed by atoms with Gasteiger partial charge in [0, 0.05) is 16.9 Å². The summed E-state index contributed by atoms with van der Waals surface area (Å²) in [7, 11) is 0. The zero-order chi connectivity index (χ0) is 7.84. The lowest BCUT2D eigenvalue weighted by molar-refractivity contribution is -0.115. The van der Waals surface area contributed by atoms with E-state index in [1.54, 1.807) is 6.07 Å². The highest BCUT2D eigenvalue weighted by molar-refractivity contribution is 6.00. The number of halogens is 1. The fourth-order valence-electron chi connectivity index (χ4n) is 1.27. The smallest absolute Gasteiger partial charge is 0.228 e. The largest absolute Gasteiger partial charge is 0.398 e. The van der Waals surface area contributed by atoms with Crippen molar-refractivity contribution in [2.24, 2.45) is 0 Å². The van der Waals surface area contributed by atoms with Crippen molar-refractivity contribution in [2.75, 3.05) is 11.1 Å². The second-order valence-corrected chi connectivity index (χ2v) is 2.60. The van der Waals surface area contributed by atoms with E-state index in [4.69, 9.17) is 5.73 Å². The second kappa shape index (κ2) is 3.03. The number of nitrogens with one attached hydrogen (secondary N) is 1. The van der Waals surface area contributed by atoms with Gasteiger partial charge in [-0.15, -0.1) is 12.4 Å². The van der Waals surface area contributed by atoms with Crippen molar-refractivity contribution in [1.82, 2.24) is 0 Å². The van der Waals surface area contributed by atoms with Gasteiger partial charge in [0.15, 0.2) is 0 Å². The van der Waals surface area contributed by atoms with Crippen LogP contribution in [0.15, 0.2) is 18.2 Å². The van der Waals surface area contributed by atoms with Gasteiger partial charge in [-0.2, -0.15) is 0 Å². The van der Waals surface area contributed by atoms with Crippen LogP contribution in [-0.2, 0) is 11.2 Å². The molecule has 1 aromatic rings. The third kappa shape index (κ3) is 1.23. The minimum atomic E-state index is 0. The number of rotatable bonds is 0. The minimum Gasteiger partial charge on any atom is -0.398 e. The Hall–Kier alpha value is -1.22. The molecule has 0 fully saturated rings. The Kier molecular flexibility index (Phi) is 2.24. The van der Waals surface area contributed by atoms with Gasteiger partial charge in [0.1, 0.15) is 0 Å². The molecule has 0 unspecified atom stereocenters. The van der Waals surface area contributed by atoms with Gasteiger partial charge < -0.3 is 11.1 Å². The number of hydrogen-bond donors (Lipinski definition) is 2. The molecule has 2 rings (SSSR count). The first-order valence-corrected chi connectivity index (χ1v) is 3.44. The zero-order valence-electron chi connectivity index (χ0n) is 6.33. The molecule has 0 bridgehead atoms. The van der Waals surface area contributed by atoms with E-state index in [1.165, 1.54) is 0 Å². The normalized spacial score (nSPS) is 13.2. The molecule has 64 valence electrons. The first-order valence-electron chi connectivity index (χ1n) is 3.44. The van der Waals surface area contributed by atoms with Crippen LogP contribution in [0.2, 0.25) is 0 Å². The Balaban J connectivity index is 0.000000720. The van der Waals surface area contributed by atoms with E-state index in [2.05, 4.69) is 5.32 Å². The highest BCUT2D eigenvalue weighted by Crippen LogP contribution is 2.27. The van der Waals surface area contributed by atoms with Crippen molar-refractivity contribution in [2.45, 2.75) is 6.42 Å². The molecule has 1 heterocycles. The van der Waals surface area contributed by atoms with Gasteiger partial charge >= 0.3 is 0 Å². The molecule has 0 saturated carbocycles. The van der Waals surface area contributed by atoms with Crippen LogP contribution in [-0.4, -0.2) is 5.91 Å². The van der Waals surface area contributed by atoms with E-state index >= 15 is 0 Å². The zero-order valence-corrected chi connectivity index (χ0v) is 7.15. The highest BCUT2D eigenvalue weighted by atomic mass is 35.5. The van der Waals surface area contributed by atoms with Gasteiger partial charge in [-0.3, -0.25) is 4.79 Å². The summed E-state index contributed by atoms with van der Waals surface area (Å²) in [6.07, 6.45) is 0.419. The molecule has 12 heavy (non-hydrogen) atoms. The van der Waals surface area contributed by atoms with Crippen molar-refractivity contribution >= 4 is 29.7 Å². The lowest BCUT2D eigenvalue weighted by Gasteiger charge is -1.99. The molecule has 1 amide bonds. The molecule has 0 radical (unpaired) electrons. The minimum absolute atomic E-state index is 0. The number of hydrogen-bond acceptors (Lipinski definition) is 2. The molecule has 3 N–H and O–H groups in total. The maximum atomic E-state index is 10.9. The first kappa shape index (κ1) is 8.87. The van der Waals surface area contributed by atoms with Crippen molar-refractivity contribution < 1.29 is 4.79 Å². The maximum absolute atomic E-state index is 10.9. The van der Waals surface area contributed by atoms with Crippen molar-refractivity contribution in [1.29, 1.82) is 0 Å². The van der Waals surface area contributed by atoms with Gasteiger partial charge in [0.2, 0.25) is 5.91 Å². The summed E-state index contributed by atoms with van der Waals surface area (Å²) in [6, 6.07) is 5.50. The van der Waals surface area contributed by atoms with Crippen LogP contribution in [0.25, 0.3) is 0 Å². The average molecular weight is 185 g/mol. The number of nitrogen functional groups attached to an aromatic ring is 1. The number of amides is 1. The van der Waals surface area contributed by atoms with Gasteiger partial charge in [0.05, 0.1) is 6.42 Å². The predicted octanol–water partition coefficient (Wildman–Crippen LogP) is 1.19. The summed E-state index contributed by atoms with van der Waals surface area (Å²) in [6.45, 7) is 0. The Bertz CT molecular complexity index is 325. The molecule has 3 nitrogen and oxygen atoms in total. The molecule has 1 aromatic carbocycles.